The van der Waals surface area contributed by atoms with Crippen LogP contribution in [0.1, 0.15) is 30.6 Å². The summed E-state index contributed by atoms with van der Waals surface area (Å²) in [6.07, 6.45) is 0.887. The third kappa shape index (κ3) is 4.83. The van der Waals surface area contributed by atoms with E-state index in [4.69, 9.17) is 5.11 Å². The molecule has 0 aliphatic heterocycles. The molecule has 1 rings (SSSR count). The van der Waals surface area contributed by atoms with Gasteiger partial charge < -0.3 is 20.8 Å². The lowest BCUT2D eigenvalue weighted by molar-refractivity contribution is 0.0945. The number of anilines is 1. The summed E-state index contributed by atoms with van der Waals surface area (Å²) < 4.78 is 0. The first-order valence-electron chi connectivity index (χ1n) is 6.88. The molecule has 0 spiro atoms. The van der Waals surface area contributed by atoms with Crippen molar-refractivity contribution in [3.05, 3.63) is 29.8 Å². The average Bonchev–Trinajstić information content (AvgIpc) is 2.50. The number of rotatable bonds is 8. The Morgan fingerprint density at radius 1 is 1.25 bits per heavy atom. The zero-order valence-corrected chi connectivity index (χ0v) is 12.1. The third-order valence-corrected chi connectivity index (χ3v) is 3.50. The highest BCUT2D eigenvalue weighted by atomic mass is 16.3. The zero-order chi connectivity index (χ0) is 15.0. The molecule has 1 amide bonds. The lowest BCUT2D eigenvalue weighted by atomic mass is 9.88. The first kappa shape index (κ1) is 16.5. The van der Waals surface area contributed by atoms with E-state index in [0.717, 1.165) is 12.1 Å². The van der Waals surface area contributed by atoms with Gasteiger partial charge in [0.2, 0.25) is 0 Å². The highest BCUT2D eigenvalue weighted by Gasteiger charge is 2.20. The SMILES string of the molecule is CCC(C)(CO)CNc1ccc(C(=O)NCCO)cc1. The molecule has 1 atom stereocenters. The van der Waals surface area contributed by atoms with Gasteiger partial charge in [-0.15, -0.1) is 0 Å². The van der Waals surface area contributed by atoms with Crippen LogP contribution in [-0.4, -0.2) is 42.4 Å². The Morgan fingerprint density at radius 2 is 1.90 bits per heavy atom. The number of carbonyl (C=O) groups is 1. The van der Waals surface area contributed by atoms with Gasteiger partial charge in [-0.3, -0.25) is 4.79 Å². The van der Waals surface area contributed by atoms with Gasteiger partial charge in [0.25, 0.3) is 5.91 Å². The minimum atomic E-state index is -0.195. The van der Waals surface area contributed by atoms with Gasteiger partial charge in [-0.25, -0.2) is 0 Å². The molecule has 0 radical (unpaired) electrons. The first-order valence-corrected chi connectivity index (χ1v) is 6.88. The molecule has 0 aromatic heterocycles. The van der Waals surface area contributed by atoms with Gasteiger partial charge in [-0.1, -0.05) is 13.8 Å². The van der Waals surface area contributed by atoms with Gasteiger partial charge in [-0.05, 0) is 30.7 Å². The van der Waals surface area contributed by atoms with Gasteiger partial charge >= 0.3 is 0 Å². The van der Waals surface area contributed by atoms with Crippen LogP contribution in [0.25, 0.3) is 0 Å². The standard InChI is InChI=1S/C15H24N2O3/c1-3-15(2,11-19)10-17-13-6-4-12(5-7-13)14(20)16-8-9-18/h4-7,17-19H,3,8-11H2,1-2H3,(H,16,20). The normalized spacial score (nSPS) is 13.6. The summed E-state index contributed by atoms with van der Waals surface area (Å²) in [6.45, 7) is 5.07. The van der Waals surface area contributed by atoms with E-state index in [-0.39, 0.29) is 31.1 Å². The van der Waals surface area contributed by atoms with E-state index in [2.05, 4.69) is 10.6 Å². The maximum absolute atomic E-state index is 11.6. The molecule has 0 fully saturated rings. The third-order valence-electron chi connectivity index (χ3n) is 3.50. The van der Waals surface area contributed by atoms with Gasteiger partial charge in [-0.2, -0.15) is 0 Å². The molecule has 1 unspecified atom stereocenters. The number of carbonyl (C=O) groups excluding carboxylic acids is 1. The number of nitrogens with one attached hydrogen (secondary N) is 2. The lowest BCUT2D eigenvalue weighted by Crippen LogP contribution is -2.29. The van der Waals surface area contributed by atoms with Gasteiger partial charge in [0.05, 0.1) is 13.2 Å². The Labute approximate surface area is 120 Å². The van der Waals surface area contributed by atoms with Crippen LogP contribution in [0.5, 0.6) is 0 Å². The van der Waals surface area contributed by atoms with E-state index < -0.39 is 0 Å². The van der Waals surface area contributed by atoms with Crippen LogP contribution in [-0.2, 0) is 0 Å². The van der Waals surface area contributed by atoms with Crippen molar-refractivity contribution in [3.8, 4) is 0 Å². The monoisotopic (exact) mass is 280 g/mol. The fraction of sp³-hybridized carbons (Fsp3) is 0.533. The Morgan fingerprint density at radius 3 is 2.40 bits per heavy atom. The van der Waals surface area contributed by atoms with Gasteiger partial charge in [0.1, 0.15) is 0 Å². The summed E-state index contributed by atoms with van der Waals surface area (Å²) >= 11 is 0. The van der Waals surface area contributed by atoms with Crippen LogP contribution in [0, 0.1) is 5.41 Å². The topological polar surface area (TPSA) is 81.6 Å². The number of benzene rings is 1. The van der Waals surface area contributed by atoms with Crippen LogP contribution >= 0.6 is 0 Å². The van der Waals surface area contributed by atoms with Crippen LogP contribution in [0.2, 0.25) is 0 Å². The molecule has 4 N–H and O–H groups in total. The summed E-state index contributed by atoms with van der Waals surface area (Å²) in [5.41, 5.74) is 1.33. The second-order valence-electron chi connectivity index (χ2n) is 5.23. The van der Waals surface area contributed by atoms with Crippen LogP contribution in [0.15, 0.2) is 24.3 Å². The van der Waals surface area contributed by atoms with E-state index in [1.807, 2.05) is 26.0 Å². The molecule has 0 saturated carbocycles. The molecule has 0 aliphatic carbocycles. The number of aliphatic hydroxyl groups excluding tert-OH is 2. The van der Waals surface area contributed by atoms with E-state index in [9.17, 15) is 9.90 Å². The van der Waals surface area contributed by atoms with Crippen molar-refractivity contribution >= 4 is 11.6 Å². The van der Waals surface area contributed by atoms with E-state index in [0.29, 0.717) is 12.1 Å². The first-order chi connectivity index (χ1) is 9.54. The molecule has 20 heavy (non-hydrogen) atoms. The maximum atomic E-state index is 11.6. The molecule has 5 heteroatoms. The van der Waals surface area contributed by atoms with Crippen molar-refractivity contribution in [2.24, 2.45) is 5.41 Å². The smallest absolute Gasteiger partial charge is 0.251 e. The number of hydrogen-bond acceptors (Lipinski definition) is 4. The second kappa shape index (κ2) is 7.87. The molecule has 0 aliphatic rings. The predicted octanol–water partition coefficient (Wildman–Crippen LogP) is 1.23. The van der Waals surface area contributed by atoms with Crippen LogP contribution in [0.4, 0.5) is 5.69 Å². The molecular formula is C15H24N2O3. The Balaban J connectivity index is 2.56. The maximum Gasteiger partial charge on any atom is 0.251 e. The molecule has 112 valence electrons. The summed E-state index contributed by atoms with van der Waals surface area (Å²) in [7, 11) is 0. The summed E-state index contributed by atoms with van der Waals surface area (Å²) in [4.78, 5) is 11.6. The fourth-order valence-corrected chi connectivity index (χ4v) is 1.62. The van der Waals surface area contributed by atoms with Gasteiger partial charge in [0, 0.05) is 29.8 Å². The highest BCUT2D eigenvalue weighted by molar-refractivity contribution is 5.94. The van der Waals surface area contributed by atoms with Crippen LogP contribution in [0.3, 0.4) is 0 Å². The Hall–Kier alpha value is -1.59. The van der Waals surface area contributed by atoms with E-state index >= 15 is 0 Å². The minimum absolute atomic E-state index is 0.0673. The summed E-state index contributed by atoms with van der Waals surface area (Å²) in [6, 6.07) is 7.14. The van der Waals surface area contributed by atoms with Crippen molar-refractivity contribution in [3.63, 3.8) is 0 Å². The lowest BCUT2D eigenvalue weighted by Gasteiger charge is -2.26. The van der Waals surface area contributed by atoms with Crippen molar-refractivity contribution in [1.29, 1.82) is 0 Å². The summed E-state index contributed by atoms with van der Waals surface area (Å²) in [5.74, 6) is -0.195. The number of amides is 1. The van der Waals surface area contributed by atoms with Crippen molar-refractivity contribution < 1.29 is 15.0 Å². The van der Waals surface area contributed by atoms with Crippen LogP contribution < -0.4 is 10.6 Å². The quantitative estimate of drug-likeness (QED) is 0.577. The average molecular weight is 280 g/mol. The predicted molar refractivity (Wildman–Crippen MR) is 79.8 cm³/mol. The molecule has 0 heterocycles. The van der Waals surface area contributed by atoms with Gasteiger partial charge in [0.15, 0.2) is 0 Å². The van der Waals surface area contributed by atoms with Crippen molar-refractivity contribution in [2.45, 2.75) is 20.3 Å². The van der Waals surface area contributed by atoms with Crippen molar-refractivity contribution in [2.75, 3.05) is 31.6 Å². The Bertz CT molecular complexity index is 414. The largest absolute Gasteiger partial charge is 0.396 e. The molecule has 0 saturated heterocycles. The summed E-state index contributed by atoms with van der Waals surface area (Å²) in [5, 5.41) is 23.9. The number of aliphatic hydroxyl groups is 2. The highest BCUT2D eigenvalue weighted by Crippen LogP contribution is 2.21. The fourth-order valence-electron chi connectivity index (χ4n) is 1.62. The minimum Gasteiger partial charge on any atom is -0.396 e. The van der Waals surface area contributed by atoms with Crippen molar-refractivity contribution in [1.82, 2.24) is 5.32 Å². The van der Waals surface area contributed by atoms with E-state index in [1.165, 1.54) is 0 Å². The Kier molecular flexibility index (Phi) is 6.48. The number of hydrogen-bond donors (Lipinski definition) is 4. The molecule has 0 bridgehead atoms. The second-order valence-corrected chi connectivity index (χ2v) is 5.23. The van der Waals surface area contributed by atoms with E-state index in [1.54, 1.807) is 12.1 Å². The molecule has 1 aromatic rings. The molecule has 1 aromatic carbocycles. The zero-order valence-electron chi connectivity index (χ0n) is 12.1. The molecule has 5 nitrogen and oxygen atoms in total. The molecular weight excluding hydrogens is 256 g/mol.